The predicted octanol–water partition coefficient (Wildman–Crippen LogP) is 4.25. The van der Waals surface area contributed by atoms with Crippen molar-refractivity contribution in [2.45, 2.75) is 94.0 Å². The zero-order valence-corrected chi connectivity index (χ0v) is 33.2. The number of allylic oxidation sites excluding steroid dienone is 1. The number of hydrogen-bond acceptors (Lipinski definition) is 12. The molecule has 2 N–H and O–H groups in total. The van der Waals surface area contributed by atoms with Crippen molar-refractivity contribution in [3.05, 3.63) is 83.6 Å². The van der Waals surface area contributed by atoms with Crippen molar-refractivity contribution in [1.29, 1.82) is 0 Å². The Balaban J connectivity index is 1.53. The van der Waals surface area contributed by atoms with E-state index < -0.39 is 85.3 Å². The number of unbranched alkanes of at least 4 members (excludes halogenated alkanes) is 1. The van der Waals surface area contributed by atoms with Crippen LogP contribution in [0, 0.1) is 10.1 Å². The first kappa shape index (κ1) is 42.5. The number of carbonyl (C=O) groups is 4. The Morgan fingerprint density at radius 1 is 1.12 bits per heavy atom. The summed E-state index contributed by atoms with van der Waals surface area (Å²) in [5, 5.41) is 18.7. The fourth-order valence-corrected chi connectivity index (χ4v) is 8.19. The number of aromatic nitrogens is 1. The number of nitro benzene ring substituents is 1. The van der Waals surface area contributed by atoms with Crippen LogP contribution in [0.15, 0.2) is 78.3 Å². The normalized spacial score (nSPS) is 18.0. The summed E-state index contributed by atoms with van der Waals surface area (Å²) in [4.78, 5) is 71.3. The number of carbonyl (C=O) groups excluding carboxylic acids is 4. The number of rotatable bonds is 17. The molecule has 1 aliphatic carbocycles. The van der Waals surface area contributed by atoms with Crippen LogP contribution in [-0.2, 0) is 33.9 Å². The molecule has 3 amide bonds. The Hall–Kier alpha value is -5.62. The standard InChI is InChI=1S/C39H48N6O11S/c1-6-8-13-22-43(57(52,53)32-17-12-11-16-30(32)45(50)51)25-29(41-37(49)56-38(3,4)5)35(47)44-24-27(55-34-28-15-10-9-14-26(28)18-21-40-34)23-31(44)33(46)42-39(19-20-39)36(48)54-7-2/h6,9-12,14-18,21,27,29,31H,1,7-8,13,19-20,22-25H2,2-5H3,(H,41,49)(H,42,46)/t27-,29+,31+/m1/s1. The molecule has 0 spiro atoms. The summed E-state index contributed by atoms with van der Waals surface area (Å²) in [7, 11) is -4.68. The van der Waals surface area contributed by atoms with Gasteiger partial charge in [0.2, 0.25) is 27.7 Å². The topological polar surface area (TPSA) is 217 Å². The van der Waals surface area contributed by atoms with E-state index in [2.05, 4.69) is 22.2 Å². The third-order valence-electron chi connectivity index (χ3n) is 9.41. The van der Waals surface area contributed by atoms with Crippen molar-refractivity contribution >= 4 is 50.4 Å². The summed E-state index contributed by atoms with van der Waals surface area (Å²) in [5.41, 5.74) is -2.97. The molecule has 1 saturated heterocycles. The van der Waals surface area contributed by atoms with Gasteiger partial charge >= 0.3 is 12.1 Å². The van der Waals surface area contributed by atoms with Crippen molar-refractivity contribution in [2.75, 3.05) is 26.2 Å². The van der Waals surface area contributed by atoms with E-state index >= 15 is 0 Å². The van der Waals surface area contributed by atoms with Crippen LogP contribution in [-0.4, -0.2) is 107 Å². The van der Waals surface area contributed by atoms with Crippen LogP contribution in [0.4, 0.5) is 10.5 Å². The maximum atomic E-state index is 14.9. The first-order chi connectivity index (χ1) is 27.0. The lowest BCUT2D eigenvalue weighted by Crippen LogP contribution is -2.59. The number of likely N-dealkylation sites (tertiary alicyclic amines) is 1. The number of nitrogens with zero attached hydrogens (tertiary/aromatic N) is 4. The highest BCUT2D eigenvalue weighted by molar-refractivity contribution is 7.89. The molecule has 18 heteroatoms. The van der Waals surface area contributed by atoms with Gasteiger partial charge in [-0.05, 0) is 77.0 Å². The number of ether oxygens (including phenoxy) is 3. The van der Waals surface area contributed by atoms with Crippen LogP contribution >= 0.6 is 0 Å². The second kappa shape index (κ2) is 17.7. The predicted molar refractivity (Wildman–Crippen MR) is 207 cm³/mol. The number of pyridine rings is 1. The van der Waals surface area contributed by atoms with Crippen LogP contribution in [0.5, 0.6) is 5.88 Å². The van der Waals surface area contributed by atoms with Crippen LogP contribution < -0.4 is 15.4 Å². The number of hydrogen-bond donors (Lipinski definition) is 2. The van der Waals surface area contributed by atoms with E-state index in [0.717, 1.165) is 21.8 Å². The fraction of sp³-hybridized carbons (Fsp3) is 0.462. The van der Waals surface area contributed by atoms with Crippen molar-refractivity contribution < 1.29 is 46.7 Å². The Labute approximate surface area is 330 Å². The summed E-state index contributed by atoms with van der Waals surface area (Å²) >= 11 is 0. The second-order valence-corrected chi connectivity index (χ2v) is 16.7. The van der Waals surface area contributed by atoms with E-state index in [1.54, 1.807) is 46.0 Å². The molecule has 5 rings (SSSR count). The number of amides is 3. The van der Waals surface area contributed by atoms with Gasteiger partial charge in [-0.15, -0.1) is 6.58 Å². The minimum Gasteiger partial charge on any atom is -0.472 e. The largest absolute Gasteiger partial charge is 0.472 e. The maximum Gasteiger partial charge on any atom is 0.408 e. The molecule has 17 nitrogen and oxygen atoms in total. The van der Waals surface area contributed by atoms with Gasteiger partial charge in [0.15, 0.2) is 4.90 Å². The highest BCUT2D eigenvalue weighted by Crippen LogP contribution is 2.38. The van der Waals surface area contributed by atoms with E-state index in [9.17, 15) is 37.7 Å². The molecule has 2 aliphatic rings. The monoisotopic (exact) mass is 808 g/mol. The maximum absolute atomic E-state index is 14.9. The summed E-state index contributed by atoms with van der Waals surface area (Å²) in [5.74, 6) is -1.91. The Morgan fingerprint density at radius 3 is 2.49 bits per heavy atom. The van der Waals surface area contributed by atoms with Crippen molar-refractivity contribution in [2.24, 2.45) is 0 Å². The quantitative estimate of drug-likeness (QED) is 0.0644. The van der Waals surface area contributed by atoms with Crippen LogP contribution in [0.25, 0.3) is 10.8 Å². The molecule has 2 fully saturated rings. The molecule has 0 radical (unpaired) electrons. The van der Waals surface area contributed by atoms with Crippen molar-refractivity contribution in [1.82, 2.24) is 24.8 Å². The molecule has 2 heterocycles. The Morgan fingerprint density at radius 2 is 1.82 bits per heavy atom. The lowest BCUT2D eigenvalue weighted by atomic mass is 10.1. The molecule has 1 saturated carbocycles. The summed E-state index contributed by atoms with van der Waals surface area (Å²) < 4.78 is 46.4. The average Bonchev–Trinajstić information content (AvgIpc) is 3.82. The molecule has 1 aliphatic heterocycles. The molecule has 0 bridgehead atoms. The van der Waals surface area contributed by atoms with Crippen molar-refractivity contribution in [3.8, 4) is 5.88 Å². The summed E-state index contributed by atoms with van der Waals surface area (Å²) in [6.07, 6.45) is 2.43. The van der Waals surface area contributed by atoms with Crippen LogP contribution in [0.2, 0.25) is 0 Å². The van der Waals surface area contributed by atoms with Gasteiger partial charge in [-0.1, -0.05) is 36.4 Å². The number of fused-ring (bicyclic) bond motifs is 1. The second-order valence-electron chi connectivity index (χ2n) is 14.8. The van der Waals surface area contributed by atoms with Crippen LogP contribution in [0.1, 0.15) is 59.8 Å². The molecule has 3 atom stereocenters. The van der Waals surface area contributed by atoms with Crippen LogP contribution in [0.3, 0.4) is 0 Å². The smallest absolute Gasteiger partial charge is 0.408 e. The molecule has 3 aromatic rings. The molecule has 1 aromatic heterocycles. The highest BCUT2D eigenvalue weighted by atomic mass is 32.2. The molecule has 57 heavy (non-hydrogen) atoms. The first-order valence-electron chi connectivity index (χ1n) is 18.6. The fourth-order valence-electron chi connectivity index (χ4n) is 6.54. The Bertz CT molecular complexity index is 2110. The number of para-hydroxylation sites is 1. The van der Waals surface area contributed by atoms with Gasteiger partial charge < -0.3 is 29.7 Å². The minimum absolute atomic E-state index is 0.0574. The number of nitrogens with one attached hydrogen (secondary N) is 2. The number of esters is 1. The van der Waals surface area contributed by atoms with Gasteiger partial charge in [-0.3, -0.25) is 19.7 Å². The third-order valence-corrected chi connectivity index (χ3v) is 11.3. The number of benzene rings is 2. The Kier molecular flexibility index (Phi) is 13.2. The van der Waals surface area contributed by atoms with E-state index in [1.807, 2.05) is 24.3 Å². The van der Waals surface area contributed by atoms with Gasteiger partial charge in [-0.25, -0.2) is 23.0 Å². The SMILES string of the molecule is C=CCCCN(C[C@H](NC(=O)OC(C)(C)C)C(=O)N1C[C@H](Oc2nccc3ccccc23)C[C@H]1C(=O)NC1(C(=O)OCC)CC1)S(=O)(=O)c1ccccc1[N+](=O)[O-]. The number of alkyl carbamates (subject to hydrolysis) is 1. The lowest BCUT2D eigenvalue weighted by molar-refractivity contribution is -0.387. The minimum atomic E-state index is -4.68. The first-order valence-corrected chi connectivity index (χ1v) is 20.1. The number of nitro groups is 1. The molecule has 0 unspecified atom stereocenters. The van der Waals surface area contributed by atoms with E-state index in [-0.39, 0.29) is 38.4 Å². The van der Waals surface area contributed by atoms with E-state index in [4.69, 9.17) is 14.2 Å². The highest BCUT2D eigenvalue weighted by Gasteiger charge is 2.55. The van der Waals surface area contributed by atoms with Gasteiger partial charge in [-0.2, -0.15) is 4.31 Å². The van der Waals surface area contributed by atoms with E-state index in [1.165, 1.54) is 17.0 Å². The molecular formula is C39H48N6O11S. The third kappa shape index (κ3) is 10.2. The summed E-state index contributed by atoms with van der Waals surface area (Å²) in [6.45, 7) is 9.11. The molecule has 2 aromatic carbocycles. The van der Waals surface area contributed by atoms with Crippen molar-refractivity contribution in [3.63, 3.8) is 0 Å². The van der Waals surface area contributed by atoms with Gasteiger partial charge in [0.05, 0.1) is 18.1 Å². The zero-order valence-electron chi connectivity index (χ0n) is 32.3. The van der Waals surface area contributed by atoms with Gasteiger partial charge in [0, 0.05) is 37.2 Å². The zero-order chi connectivity index (χ0) is 41.5. The van der Waals surface area contributed by atoms with Gasteiger partial charge in [0.25, 0.3) is 5.69 Å². The molecule has 306 valence electrons. The lowest BCUT2D eigenvalue weighted by Gasteiger charge is -2.32. The number of sulfonamides is 1. The van der Waals surface area contributed by atoms with Gasteiger partial charge in [0.1, 0.15) is 29.3 Å². The molecular weight excluding hydrogens is 761 g/mol. The van der Waals surface area contributed by atoms with E-state index in [0.29, 0.717) is 24.6 Å². The average molecular weight is 809 g/mol. The summed E-state index contributed by atoms with van der Waals surface area (Å²) in [6, 6.07) is 11.0.